The first-order valence-electron chi connectivity index (χ1n) is 14.2. The van der Waals surface area contributed by atoms with Crippen molar-refractivity contribution in [3.05, 3.63) is 0 Å². The highest BCUT2D eigenvalue weighted by Crippen LogP contribution is 2.16. The molecule has 0 fully saturated rings. The van der Waals surface area contributed by atoms with Gasteiger partial charge in [-0.15, -0.1) is 0 Å². The van der Waals surface area contributed by atoms with E-state index in [-0.39, 0.29) is 4.70 Å². The standard InChI is InChI=1S/C28H60NO.FH/c1-4-7-8-9-10-11-12-13-14-15-16-17-18-19-20-23-26-29(5-2,6-3)27-24-21-22-25-28-30;/h30H,4-28H2,1-3H3;1H/q+1;/p-1. The van der Waals surface area contributed by atoms with Gasteiger partial charge >= 0.3 is 0 Å². The highest BCUT2D eigenvalue weighted by molar-refractivity contribution is 4.51. The molecule has 0 radical (unpaired) electrons. The van der Waals surface area contributed by atoms with Crippen LogP contribution in [0.2, 0.25) is 0 Å². The Labute approximate surface area is 196 Å². The molecule has 0 aromatic rings. The van der Waals surface area contributed by atoms with E-state index in [4.69, 9.17) is 5.11 Å². The van der Waals surface area contributed by atoms with Crippen molar-refractivity contribution in [3.63, 3.8) is 0 Å². The van der Waals surface area contributed by atoms with E-state index >= 15 is 0 Å². The Balaban J connectivity index is 0. The third kappa shape index (κ3) is 21.5. The Morgan fingerprint density at radius 2 is 0.710 bits per heavy atom. The monoisotopic (exact) mass is 445 g/mol. The third-order valence-corrected chi connectivity index (χ3v) is 7.37. The summed E-state index contributed by atoms with van der Waals surface area (Å²) in [6, 6.07) is 0. The summed E-state index contributed by atoms with van der Waals surface area (Å²) in [5, 5.41) is 8.92. The van der Waals surface area contributed by atoms with Crippen molar-refractivity contribution in [2.75, 3.05) is 32.8 Å². The van der Waals surface area contributed by atoms with Crippen molar-refractivity contribution in [1.82, 2.24) is 0 Å². The minimum Gasteiger partial charge on any atom is -1.00 e. The molecular weight excluding hydrogens is 385 g/mol. The van der Waals surface area contributed by atoms with E-state index in [2.05, 4.69) is 20.8 Å². The molecule has 0 aromatic carbocycles. The van der Waals surface area contributed by atoms with Crippen LogP contribution in [0.5, 0.6) is 0 Å². The molecule has 0 aliphatic carbocycles. The Morgan fingerprint density at radius 3 is 1.00 bits per heavy atom. The maximum atomic E-state index is 8.92. The summed E-state index contributed by atoms with van der Waals surface area (Å²) in [7, 11) is 0. The fourth-order valence-electron chi connectivity index (χ4n) is 4.88. The molecule has 0 aliphatic rings. The van der Waals surface area contributed by atoms with Crippen molar-refractivity contribution < 1.29 is 14.3 Å². The lowest BCUT2D eigenvalue weighted by Crippen LogP contribution is -3.00. The number of quaternary nitrogens is 1. The van der Waals surface area contributed by atoms with Crippen molar-refractivity contribution in [1.29, 1.82) is 0 Å². The van der Waals surface area contributed by atoms with Crippen molar-refractivity contribution >= 4 is 0 Å². The van der Waals surface area contributed by atoms with Crippen LogP contribution in [0.15, 0.2) is 0 Å². The van der Waals surface area contributed by atoms with E-state index in [0.29, 0.717) is 6.61 Å². The molecule has 0 aromatic heterocycles. The fraction of sp³-hybridized carbons (Fsp3) is 1.00. The summed E-state index contributed by atoms with van der Waals surface area (Å²) in [6.07, 6.45) is 28.0. The first-order valence-corrected chi connectivity index (χ1v) is 14.2. The van der Waals surface area contributed by atoms with Gasteiger partial charge in [0.1, 0.15) is 0 Å². The molecule has 0 saturated heterocycles. The lowest BCUT2D eigenvalue weighted by molar-refractivity contribution is -0.925. The smallest absolute Gasteiger partial charge is 0.0786 e. The Hall–Kier alpha value is -0.150. The van der Waals surface area contributed by atoms with Gasteiger partial charge < -0.3 is 14.3 Å². The first kappa shape index (κ1) is 33.0. The van der Waals surface area contributed by atoms with Crippen LogP contribution in [0.1, 0.15) is 149 Å². The quantitative estimate of drug-likeness (QED) is 0.142. The molecule has 0 atom stereocenters. The minimum absolute atomic E-state index is 0. The second kappa shape index (κ2) is 26.1. The van der Waals surface area contributed by atoms with Crippen molar-refractivity contribution in [2.24, 2.45) is 0 Å². The molecule has 0 heterocycles. The van der Waals surface area contributed by atoms with E-state index in [1.165, 1.54) is 153 Å². The molecule has 31 heavy (non-hydrogen) atoms. The van der Waals surface area contributed by atoms with Crippen LogP contribution in [0.4, 0.5) is 0 Å². The van der Waals surface area contributed by atoms with E-state index < -0.39 is 0 Å². The molecule has 0 bridgehead atoms. The molecule has 0 saturated carbocycles. The maximum absolute atomic E-state index is 8.92. The number of nitrogens with zero attached hydrogens (tertiary/aromatic N) is 1. The Morgan fingerprint density at radius 1 is 0.419 bits per heavy atom. The Kier molecular flexibility index (Phi) is 27.8. The van der Waals surface area contributed by atoms with E-state index in [1.54, 1.807) is 0 Å². The summed E-state index contributed by atoms with van der Waals surface area (Å²) in [5.41, 5.74) is 0. The zero-order chi connectivity index (χ0) is 22.2. The normalized spacial score (nSPS) is 11.6. The molecule has 190 valence electrons. The lowest BCUT2D eigenvalue weighted by Gasteiger charge is -2.37. The molecule has 0 aliphatic heterocycles. The van der Waals surface area contributed by atoms with Crippen LogP contribution in [-0.2, 0) is 0 Å². The van der Waals surface area contributed by atoms with Gasteiger partial charge in [0.25, 0.3) is 0 Å². The van der Waals surface area contributed by atoms with Gasteiger partial charge in [-0.25, -0.2) is 0 Å². The van der Waals surface area contributed by atoms with Crippen LogP contribution < -0.4 is 4.70 Å². The van der Waals surface area contributed by atoms with E-state index in [0.717, 1.165) is 6.42 Å². The number of hydrogen-bond donors (Lipinski definition) is 1. The van der Waals surface area contributed by atoms with Crippen LogP contribution in [-0.4, -0.2) is 42.4 Å². The SMILES string of the molecule is CCCCCCCCCCCCCCCCCC[N+](CC)(CC)CCCCCCO.[F-]. The van der Waals surface area contributed by atoms with Crippen molar-refractivity contribution in [2.45, 2.75) is 149 Å². The van der Waals surface area contributed by atoms with Crippen LogP contribution in [0, 0.1) is 0 Å². The second-order valence-corrected chi connectivity index (χ2v) is 9.86. The first-order chi connectivity index (χ1) is 14.7. The predicted molar refractivity (Wildman–Crippen MR) is 136 cm³/mol. The molecule has 2 nitrogen and oxygen atoms in total. The fourth-order valence-corrected chi connectivity index (χ4v) is 4.88. The molecular formula is C28H60FNO. The topological polar surface area (TPSA) is 20.2 Å². The van der Waals surface area contributed by atoms with E-state index in [9.17, 15) is 0 Å². The summed E-state index contributed by atoms with van der Waals surface area (Å²) >= 11 is 0. The molecule has 0 spiro atoms. The summed E-state index contributed by atoms with van der Waals surface area (Å²) in [4.78, 5) is 0. The minimum atomic E-state index is 0. The van der Waals surface area contributed by atoms with Gasteiger partial charge in [-0.05, 0) is 46.0 Å². The average Bonchev–Trinajstić information content (AvgIpc) is 2.77. The van der Waals surface area contributed by atoms with Gasteiger partial charge in [0, 0.05) is 6.61 Å². The highest BCUT2D eigenvalue weighted by atomic mass is 19.0. The van der Waals surface area contributed by atoms with Gasteiger partial charge in [-0.3, -0.25) is 0 Å². The number of unbranched alkanes of at least 4 members (excludes halogenated alkanes) is 18. The van der Waals surface area contributed by atoms with Gasteiger partial charge in [0.2, 0.25) is 0 Å². The summed E-state index contributed by atoms with van der Waals surface area (Å²) in [6.45, 7) is 12.7. The number of hydrogen-bond acceptors (Lipinski definition) is 1. The van der Waals surface area contributed by atoms with Gasteiger partial charge in [-0.1, -0.05) is 103 Å². The molecule has 0 rings (SSSR count). The highest BCUT2D eigenvalue weighted by Gasteiger charge is 2.21. The van der Waals surface area contributed by atoms with E-state index in [1.807, 2.05) is 0 Å². The van der Waals surface area contributed by atoms with Crippen LogP contribution in [0.25, 0.3) is 0 Å². The van der Waals surface area contributed by atoms with Crippen LogP contribution in [0.3, 0.4) is 0 Å². The number of aliphatic hydroxyl groups excluding tert-OH is 1. The largest absolute Gasteiger partial charge is 1.00 e. The molecule has 0 amide bonds. The van der Waals surface area contributed by atoms with Crippen molar-refractivity contribution in [3.8, 4) is 0 Å². The lowest BCUT2D eigenvalue weighted by atomic mass is 10.0. The summed E-state index contributed by atoms with van der Waals surface area (Å²) in [5.74, 6) is 0. The molecule has 0 unspecified atom stereocenters. The van der Waals surface area contributed by atoms with Gasteiger partial charge in [0.05, 0.1) is 26.2 Å². The zero-order valence-electron chi connectivity index (χ0n) is 22.0. The number of rotatable bonds is 25. The Bertz CT molecular complexity index is 320. The average molecular weight is 446 g/mol. The second-order valence-electron chi connectivity index (χ2n) is 9.86. The predicted octanol–water partition coefficient (Wildman–Crippen LogP) is 5.66. The maximum Gasteiger partial charge on any atom is 0.0786 e. The van der Waals surface area contributed by atoms with Crippen LogP contribution >= 0.6 is 0 Å². The van der Waals surface area contributed by atoms with Gasteiger partial charge in [0.15, 0.2) is 0 Å². The number of halogens is 1. The molecule has 1 N–H and O–H groups in total. The zero-order valence-corrected chi connectivity index (χ0v) is 22.0. The third-order valence-electron chi connectivity index (χ3n) is 7.37. The molecule has 3 heteroatoms. The summed E-state index contributed by atoms with van der Waals surface area (Å²) < 4.78 is 1.32. The number of aliphatic hydroxyl groups is 1. The van der Waals surface area contributed by atoms with Gasteiger partial charge in [-0.2, -0.15) is 0 Å².